The number of ether oxygens (including phenoxy) is 2. The average Bonchev–Trinajstić information content (AvgIpc) is 2.92. The standard InChI is InChI=1S/C19H14N2O3/c1-12-11-16(23-18(12)22)24-19-20-15-10-6-5-9-14(15)17(21-19)13-7-3-2-4-8-13/h2-11,16H,1H3. The van der Waals surface area contributed by atoms with Gasteiger partial charge in [-0.1, -0.05) is 48.5 Å². The maximum absolute atomic E-state index is 11.5. The molecular weight excluding hydrogens is 304 g/mol. The van der Waals surface area contributed by atoms with Gasteiger partial charge in [0.05, 0.1) is 11.2 Å². The second kappa shape index (κ2) is 5.77. The van der Waals surface area contributed by atoms with Crippen LogP contribution in [0.1, 0.15) is 6.92 Å². The van der Waals surface area contributed by atoms with Gasteiger partial charge in [-0.25, -0.2) is 4.79 Å². The van der Waals surface area contributed by atoms with Crippen LogP contribution in [0, 0.1) is 0 Å². The molecule has 0 N–H and O–H groups in total. The van der Waals surface area contributed by atoms with E-state index in [0.29, 0.717) is 5.57 Å². The molecule has 1 aliphatic rings. The quantitative estimate of drug-likeness (QED) is 0.692. The van der Waals surface area contributed by atoms with Gasteiger partial charge in [-0.2, -0.15) is 9.97 Å². The van der Waals surface area contributed by atoms with Gasteiger partial charge in [0, 0.05) is 22.6 Å². The fourth-order valence-electron chi connectivity index (χ4n) is 2.59. The summed E-state index contributed by atoms with van der Waals surface area (Å²) in [5.41, 5.74) is 3.03. The van der Waals surface area contributed by atoms with Crippen molar-refractivity contribution in [3.63, 3.8) is 0 Å². The van der Waals surface area contributed by atoms with Crippen LogP contribution in [-0.2, 0) is 9.53 Å². The van der Waals surface area contributed by atoms with Gasteiger partial charge in [-0.3, -0.25) is 0 Å². The predicted octanol–water partition coefficient (Wildman–Crippen LogP) is 3.50. The number of hydrogen-bond donors (Lipinski definition) is 0. The lowest BCUT2D eigenvalue weighted by atomic mass is 10.1. The van der Waals surface area contributed by atoms with E-state index in [0.717, 1.165) is 22.2 Å². The number of para-hydroxylation sites is 1. The minimum Gasteiger partial charge on any atom is -0.419 e. The van der Waals surface area contributed by atoms with Crippen molar-refractivity contribution in [2.45, 2.75) is 13.2 Å². The largest absolute Gasteiger partial charge is 0.419 e. The molecule has 1 unspecified atom stereocenters. The Hall–Kier alpha value is -3.21. The number of fused-ring (bicyclic) bond motifs is 1. The molecule has 0 amide bonds. The van der Waals surface area contributed by atoms with Crippen molar-refractivity contribution in [2.24, 2.45) is 0 Å². The minimum atomic E-state index is -0.790. The van der Waals surface area contributed by atoms with Crippen LogP contribution in [0.2, 0.25) is 0 Å². The van der Waals surface area contributed by atoms with Crippen LogP contribution in [0.15, 0.2) is 66.2 Å². The number of benzene rings is 2. The Bertz CT molecular complexity index is 951. The molecule has 1 atom stereocenters. The second-order valence-electron chi connectivity index (χ2n) is 5.48. The van der Waals surface area contributed by atoms with Crippen molar-refractivity contribution >= 4 is 16.9 Å². The van der Waals surface area contributed by atoms with Crippen molar-refractivity contribution < 1.29 is 14.3 Å². The highest BCUT2D eigenvalue weighted by molar-refractivity contribution is 5.92. The molecule has 118 valence electrons. The molecule has 1 aliphatic heterocycles. The third-order valence-corrected chi connectivity index (χ3v) is 3.78. The van der Waals surface area contributed by atoms with Crippen molar-refractivity contribution in [3.8, 4) is 17.3 Å². The molecule has 0 saturated heterocycles. The fraction of sp³-hybridized carbons (Fsp3) is 0.105. The maximum atomic E-state index is 11.5. The zero-order valence-electron chi connectivity index (χ0n) is 13.0. The van der Waals surface area contributed by atoms with Crippen LogP contribution < -0.4 is 4.74 Å². The summed E-state index contributed by atoms with van der Waals surface area (Å²) >= 11 is 0. The molecule has 1 aromatic heterocycles. The number of carbonyl (C=O) groups excluding carboxylic acids is 1. The van der Waals surface area contributed by atoms with Crippen molar-refractivity contribution in [3.05, 3.63) is 66.2 Å². The summed E-state index contributed by atoms with van der Waals surface area (Å²) in [7, 11) is 0. The van der Waals surface area contributed by atoms with Crippen molar-refractivity contribution in [2.75, 3.05) is 0 Å². The van der Waals surface area contributed by atoms with Gasteiger partial charge in [0.15, 0.2) is 0 Å². The lowest BCUT2D eigenvalue weighted by Gasteiger charge is -2.12. The van der Waals surface area contributed by atoms with E-state index in [1.165, 1.54) is 0 Å². The van der Waals surface area contributed by atoms with E-state index >= 15 is 0 Å². The molecule has 3 aromatic rings. The molecule has 2 heterocycles. The van der Waals surface area contributed by atoms with Crippen LogP contribution >= 0.6 is 0 Å². The maximum Gasteiger partial charge on any atom is 0.337 e. The Balaban J connectivity index is 1.79. The Morgan fingerprint density at radius 1 is 1.00 bits per heavy atom. The highest BCUT2D eigenvalue weighted by atomic mass is 16.7. The van der Waals surface area contributed by atoms with E-state index in [-0.39, 0.29) is 12.0 Å². The number of cyclic esters (lactones) is 1. The van der Waals surface area contributed by atoms with Crippen molar-refractivity contribution in [1.29, 1.82) is 0 Å². The Morgan fingerprint density at radius 3 is 2.50 bits per heavy atom. The van der Waals surface area contributed by atoms with Crippen LogP contribution in [0.4, 0.5) is 0 Å². The number of hydrogen-bond acceptors (Lipinski definition) is 5. The molecule has 24 heavy (non-hydrogen) atoms. The number of nitrogens with zero attached hydrogens (tertiary/aromatic N) is 2. The molecule has 4 rings (SSSR count). The van der Waals surface area contributed by atoms with Gasteiger partial charge in [-0.15, -0.1) is 0 Å². The van der Waals surface area contributed by atoms with Crippen molar-refractivity contribution in [1.82, 2.24) is 9.97 Å². The van der Waals surface area contributed by atoms with Gasteiger partial charge in [0.2, 0.25) is 0 Å². The van der Waals surface area contributed by atoms with Gasteiger partial charge in [0.1, 0.15) is 0 Å². The lowest BCUT2D eigenvalue weighted by Crippen LogP contribution is -2.17. The van der Waals surface area contributed by atoms with Crippen LogP contribution in [0.3, 0.4) is 0 Å². The lowest BCUT2D eigenvalue weighted by molar-refractivity contribution is -0.149. The zero-order valence-corrected chi connectivity index (χ0v) is 13.0. The summed E-state index contributed by atoms with van der Waals surface area (Å²) in [4.78, 5) is 20.4. The smallest absolute Gasteiger partial charge is 0.337 e. The van der Waals surface area contributed by atoms with Crippen LogP contribution in [0.25, 0.3) is 22.2 Å². The van der Waals surface area contributed by atoms with Gasteiger partial charge < -0.3 is 9.47 Å². The molecule has 2 aromatic carbocycles. The SMILES string of the molecule is CC1=CC(Oc2nc(-c3ccccc3)c3ccccc3n2)OC1=O. The monoisotopic (exact) mass is 318 g/mol. The van der Waals surface area contributed by atoms with Crippen LogP contribution in [-0.4, -0.2) is 22.2 Å². The Morgan fingerprint density at radius 2 is 1.75 bits per heavy atom. The highest BCUT2D eigenvalue weighted by Crippen LogP contribution is 2.28. The summed E-state index contributed by atoms with van der Waals surface area (Å²) in [6.45, 7) is 1.68. The molecule has 5 nitrogen and oxygen atoms in total. The first kappa shape index (κ1) is 14.4. The number of carbonyl (C=O) groups is 1. The summed E-state index contributed by atoms with van der Waals surface area (Å²) in [5, 5.41) is 0.936. The molecular formula is C19H14N2O3. The van der Waals surface area contributed by atoms with E-state index in [1.807, 2.05) is 54.6 Å². The van der Waals surface area contributed by atoms with Crippen LogP contribution in [0.5, 0.6) is 6.01 Å². The van der Waals surface area contributed by atoms with E-state index in [9.17, 15) is 4.79 Å². The van der Waals surface area contributed by atoms with Gasteiger partial charge in [0.25, 0.3) is 6.29 Å². The zero-order chi connectivity index (χ0) is 16.5. The summed E-state index contributed by atoms with van der Waals surface area (Å²) in [6, 6.07) is 17.7. The van der Waals surface area contributed by atoms with Gasteiger partial charge in [-0.05, 0) is 13.0 Å². The minimum absolute atomic E-state index is 0.177. The Kier molecular flexibility index (Phi) is 3.46. The molecule has 0 saturated carbocycles. The summed E-state index contributed by atoms with van der Waals surface area (Å²) < 4.78 is 10.7. The number of esters is 1. The highest BCUT2D eigenvalue weighted by Gasteiger charge is 2.25. The molecule has 0 spiro atoms. The molecule has 5 heteroatoms. The molecule has 0 bridgehead atoms. The third kappa shape index (κ3) is 2.60. The summed E-state index contributed by atoms with van der Waals surface area (Å²) in [6.07, 6.45) is 0.825. The van der Waals surface area contributed by atoms with E-state index in [1.54, 1.807) is 13.0 Å². The third-order valence-electron chi connectivity index (χ3n) is 3.78. The molecule has 0 fully saturated rings. The molecule has 0 radical (unpaired) electrons. The first-order valence-electron chi connectivity index (χ1n) is 7.59. The molecule has 0 aliphatic carbocycles. The van der Waals surface area contributed by atoms with E-state index in [4.69, 9.17) is 9.47 Å². The van der Waals surface area contributed by atoms with E-state index < -0.39 is 6.29 Å². The Labute approximate surface area is 138 Å². The first-order valence-corrected chi connectivity index (χ1v) is 7.59. The topological polar surface area (TPSA) is 61.3 Å². The normalized spacial score (nSPS) is 16.8. The predicted molar refractivity (Wildman–Crippen MR) is 89.2 cm³/mol. The first-order chi connectivity index (χ1) is 11.7. The number of rotatable bonds is 3. The summed E-state index contributed by atoms with van der Waals surface area (Å²) in [5.74, 6) is -0.385. The fourth-order valence-corrected chi connectivity index (χ4v) is 2.59. The van der Waals surface area contributed by atoms with E-state index in [2.05, 4.69) is 9.97 Å². The average molecular weight is 318 g/mol. The second-order valence-corrected chi connectivity index (χ2v) is 5.48. The number of aromatic nitrogens is 2. The van der Waals surface area contributed by atoms with Gasteiger partial charge >= 0.3 is 12.0 Å².